The van der Waals surface area contributed by atoms with Crippen molar-refractivity contribution in [1.29, 1.82) is 0 Å². The molecular weight excluding hydrogens is 365 g/mol. The minimum atomic E-state index is -4.35. The summed E-state index contributed by atoms with van der Waals surface area (Å²) in [7, 11) is 0. The monoisotopic (exact) mass is 386 g/mol. The molecule has 2 heterocycles. The molecule has 0 saturated heterocycles. The summed E-state index contributed by atoms with van der Waals surface area (Å²) < 4.78 is 44.8. The predicted octanol–water partition coefficient (Wildman–Crippen LogP) is 3.73. The SMILES string of the molecule is CC.O=[N+]([O-])c1cn2c(n1)OCCN(Cc1ccc(C(F)(F)F)cc1)CC2. The maximum atomic E-state index is 12.6. The minimum absolute atomic E-state index is 0.209. The fourth-order valence-electron chi connectivity index (χ4n) is 2.59. The molecule has 1 aromatic heterocycles. The number of nitrogens with zero attached hydrogens (tertiary/aromatic N) is 4. The van der Waals surface area contributed by atoms with Gasteiger partial charge in [-0.2, -0.15) is 13.2 Å². The fraction of sp³-hybridized carbons (Fsp3) is 0.471. The molecule has 148 valence electrons. The Labute approximate surface area is 154 Å². The maximum Gasteiger partial charge on any atom is 0.416 e. The van der Waals surface area contributed by atoms with Gasteiger partial charge >= 0.3 is 18.0 Å². The van der Waals surface area contributed by atoms with E-state index < -0.39 is 16.7 Å². The van der Waals surface area contributed by atoms with Gasteiger partial charge < -0.3 is 14.9 Å². The van der Waals surface area contributed by atoms with E-state index in [0.717, 1.165) is 17.7 Å². The number of rotatable bonds is 3. The Balaban J connectivity index is 0.00000126. The van der Waals surface area contributed by atoms with Crippen molar-refractivity contribution in [1.82, 2.24) is 14.5 Å². The standard InChI is InChI=1S/C15H15F3N4O3.C2H6/c16-15(17,18)12-3-1-11(2-4-12)9-20-5-6-21-10-13(22(23)24)19-14(21)25-8-7-20;1-2/h1-4,10H,5-9H2;1-2H3. The molecule has 1 aliphatic rings. The Morgan fingerprint density at radius 2 is 1.85 bits per heavy atom. The molecule has 0 atom stereocenters. The lowest BCUT2D eigenvalue weighted by Crippen LogP contribution is -2.33. The lowest BCUT2D eigenvalue weighted by atomic mass is 10.1. The molecule has 27 heavy (non-hydrogen) atoms. The van der Waals surface area contributed by atoms with Crippen molar-refractivity contribution in [2.24, 2.45) is 0 Å². The van der Waals surface area contributed by atoms with E-state index >= 15 is 0 Å². The van der Waals surface area contributed by atoms with E-state index in [0.29, 0.717) is 26.2 Å². The second-order valence-electron chi connectivity index (χ2n) is 5.65. The van der Waals surface area contributed by atoms with Crippen LogP contribution in [0.5, 0.6) is 6.01 Å². The van der Waals surface area contributed by atoms with E-state index in [1.807, 2.05) is 18.7 Å². The van der Waals surface area contributed by atoms with Crippen molar-refractivity contribution in [3.63, 3.8) is 0 Å². The predicted molar refractivity (Wildman–Crippen MR) is 92.4 cm³/mol. The smallest absolute Gasteiger partial charge is 0.416 e. The Hall–Kier alpha value is -2.62. The Morgan fingerprint density at radius 1 is 1.19 bits per heavy atom. The summed E-state index contributed by atoms with van der Waals surface area (Å²) in [5.74, 6) is -0.272. The molecule has 0 fully saturated rings. The lowest BCUT2D eigenvalue weighted by molar-refractivity contribution is -0.389. The second-order valence-corrected chi connectivity index (χ2v) is 5.65. The zero-order chi connectivity index (χ0) is 20.0. The van der Waals surface area contributed by atoms with E-state index in [1.165, 1.54) is 18.3 Å². The molecule has 1 aliphatic heterocycles. The van der Waals surface area contributed by atoms with Crippen LogP contribution in [0.25, 0.3) is 0 Å². The van der Waals surface area contributed by atoms with Crippen molar-refractivity contribution < 1.29 is 22.8 Å². The van der Waals surface area contributed by atoms with Crippen molar-refractivity contribution in [2.45, 2.75) is 33.1 Å². The van der Waals surface area contributed by atoms with Gasteiger partial charge in [0.2, 0.25) is 0 Å². The van der Waals surface area contributed by atoms with Gasteiger partial charge in [-0.05, 0) is 22.6 Å². The zero-order valence-electron chi connectivity index (χ0n) is 15.1. The summed E-state index contributed by atoms with van der Waals surface area (Å²) in [6.07, 6.45) is -3.03. The van der Waals surface area contributed by atoms with Crippen LogP contribution in [0, 0.1) is 10.1 Å². The molecule has 0 radical (unpaired) electrons. The fourth-order valence-corrected chi connectivity index (χ4v) is 2.59. The number of hydrogen-bond acceptors (Lipinski definition) is 5. The summed E-state index contributed by atoms with van der Waals surface area (Å²) in [6, 6.07) is 5.24. The number of aromatic nitrogens is 2. The van der Waals surface area contributed by atoms with Gasteiger partial charge in [-0.1, -0.05) is 26.0 Å². The summed E-state index contributed by atoms with van der Waals surface area (Å²) in [5.41, 5.74) is 0.0769. The van der Waals surface area contributed by atoms with E-state index in [-0.39, 0.29) is 18.4 Å². The van der Waals surface area contributed by atoms with Crippen LogP contribution in [0.1, 0.15) is 25.0 Å². The first kappa shape index (κ1) is 20.7. The average molecular weight is 386 g/mol. The molecule has 0 amide bonds. The van der Waals surface area contributed by atoms with Gasteiger partial charge in [0.25, 0.3) is 0 Å². The first-order valence-electron chi connectivity index (χ1n) is 8.56. The van der Waals surface area contributed by atoms with E-state index in [9.17, 15) is 23.3 Å². The molecule has 0 saturated carbocycles. The summed E-state index contributed by atoms with van der Waals surface area (Å²) in [5, 5.41) is 10.8. The molecule has 3 rings (SSSR count). The maximum absolute atomic E-state index is 12.6. The van der Waals surface area contributed by atoms with Gasteiger partial charge in [-0.25, -0.2) is 0 Å². The molecule has 0 aliphatic carbocycles. The summed E-state index contributed by atoms with van der Waals surface area (Å²) in [6.45, 7) is 6.31. The average Bonchev–Trinajstić information content (AvgIpc) is 3.01. The number of nitro groups is 1. The number of halogens is 3. The zero-order valence-corrected chi connectivity index (χ0v) is 15.1. The van der Waals surface area contributed by atoms with Gasteiger partial charge in [0, 0.05) is 31.2 Å². The van der Waals surface area contributed by atoms with Crippen molar-refractivity contribution >= 4 is 5.82 Å². The van der Waals surface area contributed by atoms with Crippen LogP contribution in [0.3, 0.4) is 0 Å². The molecule has 0 spiro atoms. The highest BCUT2D eigenvalue weighted by Gasteiger charge is 2.30. The van der Waals surface area contributed by atoms with Crippen LogP contribution in [0.15, 0.2) is 30.5 Å². The van der Waals surface area contributed by atoms with Crippen LogP contribution in [0.2, 0.25) is 0 Å². The summed E-state index contributed by atoms with van der Waals surface area (Å²) >= 11 is 0. The van der Waals surface area contributed by atoms with Crippen molar-refractivity contribution in [3.8, 4) is 6.01 Å². The van der Waals surface area contributed by atoms with E-state index in [1.54, 1.807) is 4.57 Å². The largest absolute Gasteiger partial charge is 0.444 e. The lowest BCUT2D eigenvalue weighted by Gasteiger charge is -2.24. The number of hydrogen-bond donors (Lipinski definition) is 0. The molecule has 0 N–H and O–H groups in total. The molecule has 0 bridgehead atoms. The summed E-state index contributed by atoms with van der Waals surface area (Å²) in [4.78, 5) is 16.0. The molecule has 2 aromatic rings. The van der Waals surface area contributed by atoms with Gasteiger partial charge in [-0.3, -0.25) is 9.47 Å². The second kappa shape index (κ2) is 8.85. The van der Waals surface area contributed by atoms with Crippen molar-refractivity contribution in [3.05, 3.63) is 51.7 Å². The van der Waals surface area contributed by atoms with Gasteiger partial charge in [0.05, 0.1) is 5.56 Å². The van der Waals surface area contributed by atoms with Crippen LogP contribution in [-0.4, -0.2) is 39.1 Å². The topological polar surface area (TPSA) is 73.4 Å². The van der Waals surface area contributed by atoms with E-state index in [4.69, 9.17) is 4.74 Å². The Kier molecular flexibility index (Phi) is 6.78. The van der Waals surface area contributed by atoms with Crippen LogP contribution in [-0.2, 0) is 19.3 Å². The number of imidazole rings is 1. The van der Waals surface area contributed by atoms with Gasteiger partial charge in [-0.15, -0.1) is 0 Å². The highest BCUT2D eigenvalue weighted by molar-refractivity contribution is 5.24. The third-order valence-electron chi connectivity index (χ3n) is 3.90. The Morgan fingerprint density at radius 3 is 2.44 bits per heavy atom. The highest BCUT2D eigenvalue weighted by Crippen LogP contribution is 2.29. The third-order valence-corrected chi connectivity index (χ3v) is 3.90. The minimum Gasteiger partial charge on any atom is -0.444 e. The third kappa shape index (κ3) is 5.43. The van der Waals surface area contributed by atoms with Gasteiger partial charge in [0.15, 0.2) is 0 Å². The van der Waals surface area contributed by atoms with Crippen LogP contribution >= 0.6 is 0 Å². The molecule has 7 nitrogen and oxygen atoms in total. The number of fused-ring (bicyclic) bond motifs is 1. The first-order chi connectivity index (χ1) is 12.8. The van der Waals surface area contributed by atoms with Crippen LogP contribution in [0.4, 0.5) is 19.0 Å². The number of alkyl halides is 3. The number of benzene rings is 1. The highest BCUT2D eigenvalue weighted by atomic mass is 19.4. The van der Waals surface area contributed by atoms with Crippen LogP contribution < -0.4 is 4.74 Å². The van der Waals surface area contributed by atoms with E-state index in [2.05, 4.69) is 4.98 Å². The molecule has 1 aromatic carbocycles. The molecule has 0 unspecified atom stereocenters. The molecule has 10 heteroatoms. The first-order valence-corrected chi connectivity index (χ1v) is 8.56. The van der Waals surface area contributed by atoms with Crippen molar-refractivity contribution in [2.75, 3.05) is 19.7 Å². The normalized spacial score (nSPS) is 14.9. The Bertz CT molecular complexity index is 760. The molecular formula is C17H21F3N4O3. The quantitative estimate of drug-likeness (QED) is 0.594. The number of ether oxygens (including phenoxy) is 1. The van der Waals surface area contributed by atoms with Gasteiger partial charge in [0.1, 0.15) is 12.8 Å².